The number of thioether (sulfide) groups is 1. The van der Waals surface area contributed by atoms with Crippen LogP contribution in [0.1, 0.15) is 11.1 Å². The third-order valence-corrected chi connectivity index (χ3v) is 8.02. The van der Waals surface area contributed by atoms with Crippen molar-refractivity contribution < 1.29 is 14.4 Å². The molecule has 12 heteroatoms. The SMILES string of the molecule is O=C(Nc1ccc(Cl)c(Cl)c1)Nc1ccc2[nH]cc(C=C3SC(=O)N(Cc4ccc(Cl)c(Cl)c4)C3=O)c2c1. The van der Waals surface area contributed by atoms with E-state index in [1.807, 2.05) is 0 Å². The summed E-state index contributed by atoms with van der Waals surface area (Å²) in [6.07, 6.45) is 3.38. The molecule has 2 heterocycles. The smallest absolute Gasteiger partial charge is 0.323 e. The summed E-state index contributed by atoms with van der Waals surface area (Å²) in [7, 11) is 0. The number of aromatic amines is 1. The minimum Gasteiger partial charge on any atom is -0.361 e. The fraction of sp³-hybridized carbons (Fsp3) is 0.0385. The van der Waals surface area contributed by atoms with Gasteiger partial charge in [-0.25, -0.2) is 4.79 Å². The molecule has 0 saturated carbocycles. The van der Waals surface area contributed by atoms with E-state index >= 15 is 0 Å². The van der Waals surface area contributed by atoms with Crippen molar-refractivity contribution in [2.24, 2.45) is 0 Å². The van der Waals surface area contributed by atoms with Crippen molar-refractivity contribution in [3.63, 3.8) is 0 Å². The predicted octanol–water partition coefficient (Wildman–Crippen LogP) is 8.66. The lowest BCUT2D eigenvalue weighted by molar-refractivity contribution is -0.123. The number of amides is 4. The van der Waals surface area contributed by atoms with Crippen LogP contribution in [0.2, 0.25) is 20.1 Å². The molecule has 7 nitrogen and oxygen atoms in total. The molecule has 3 N–H and O–H groups in total. The van der Waals surface area contributed by atoms with Gasteiger partial charge in [-0.2, -0.15) is 0 Å². The van der Waals surface area contributed by atoms with E-state index in [2.05, 4.69) is 15.6 Å². The zero-order valence-electron chi connectivity index (χ0n) is 19.2. The summed E-state index contributed by atoms with van der Waals surface area (Å²) in [6, 6.07) is 14.6. The fourth-order valence-corrected chi connectivity index (χ4v) is 5.25. The average Bonchev–Trinajstić information content (AvgIpc) is 3.39. The summed E-state index contributed by atoms with van der Waals surface area (Å²) >= 11 is 24.8. The van der Waals surface area contributed by atoms with Gasteiger partial charge in [-0.15, -0.1) is 0 Å². The molecule has 38 heavy (non-hydrogen) atoms. The second-order valence-corrected chi connectivity index (χ2v) is 10.9. The Balaban J connectivity index is 1.33. The molecule has 1 saturated heterocycles. The maximum atomic E-state index is 13.0. The number of carbonyl (C=O) groups is 3. The Labute approximate surface area is 241 Å². The third-order valence-electron chi connectivity index (χ3n) is 5.63. The number of aromatic nitrogens is 1. The number of nitrogens with zero attached hydrogens (tertiary/aromatic N) is 1. The van der Waals surface area contributed by atoms with E-state index in [0.29, 0.717) is 42.6 Å². The van der Waals surface area contributed by atoms with E-state index < -0.39 is 11.9 Å². The molecule has 1 fully saturated rings. The van der Waals surface area contributed by atoms with Crippen LogP contribution in [-0.2, 0) is 11.3 Å². The Kier molecular flexibility index (Phi) is 7.61. The quantitative estimate of drug-likeness (QED) is 0.198. The molecule has 1 aliphatic rings. The van der Waals surface area contributed by atoms with E-state index in [-0.39, 0.29) is 16.7 Å². The number of fused-ring (bicyclic) bond motifs is 1. The molecule has 0 atom stereocenters. The minimum atomic E-state index is -0.469. The van der Waals surface area contributed by atoms with Gasteiger partial charge in [0.1, 0.15) is 0 Å². The van der Waals surface area contributed by atoms with Crippen molar-refractivity contribution in [1.29, 1.82) is 0 Å². The van der Waals surface area contributed by atoms with Gasteiger partial charge in [-0.3, -0.25) is 14.5 Å². The molecule has 1 aliphatic heterocycles. The average molecular weight is 606 g/mol. The van der Waals surface area contributed by atoms with Crippen LogP contribution in [0.25, 0.3) is 17.0 Å². The van der Waals surface area contributed by atoms with Crippen molar-refractivity contribution in [3.8, 4) is 0 Å². The number of urea groups is 1. The van der Waals surface area contributed by atoms with Crippen LogP contribution >= 0.6 is 58.2 Å². The summed E-state index contributed by atoms with van der Waals surface area (Å²) in [5.41, 5.74) is 3.18. The highest BCUT2D eigenvalue weighted by atomic mass is 35.5. The lowest BCUT2D eigenvalue weighted by Crippen LogP contribution is -2.27. The Bertz CT molecular complexity index is 1650. The third kappa shape index (κ3) is 5.65. The highest BCUT2D eigenvalue weighted by Crippen LogP contribution is 2.35. The number of H-pyrrole nitrogens is 1. The minimum absolute atomic E-state index is 0.0782. The monoisotopic (exact) mass is 604 g/mol. The van der Waals surface area contributed by atoms with E-state index in [1.54, 1.807) is 66.9 Å². The first-order valence-electron chi connectivity index (χ1n) is 11.0. The molecular formula is C26H16Cl4N4O3S. The number of halogens is 4. The van der Waals surface area contributed by atoms with Crippen LogP contribution in [0.15, 0.2) is 65.7 Å². The van der Waals surface area contributed by atoms with Gasteiger partial charge in [-0.05, 0) is 71.9 Å². The van der Waals surface area contributed by atoms with E-state index in [9.17, 15) is 14.4 Å². The van der Waals surface area contributed by atoms with Crippen molar-refractivity contribution >= 4 is 104 Å². The Hall–Kier alpha value is -3.14. The van der Waals surface area contributed by atoms with Crippen LogP contribution in [0.5, 0.6) is 0 Å². The lowest BCUT2D eigenvalue weighted by Gasteiger charge is -2.12. The lowest BCUT2D eigenvalue weighted by atomic mass is 10.1. The molecular weight excluding hydrogens is 590 g/mol. The van der Waals surface area contributed by atoms with E-state index in [0.717, 1.165) is 27.6 Å². The second-order valence-electron chi connectivity index (χ2n) is 8.23. The first-order valence-corrected chi connectivity index (χ1v) is 13.3. The molecule has 0 bridgehead atoms. The summed E-state index contributed by atoms with van der Waals surface area (Å²) in [5.74, 6) is -0.407. The van der Waals surface area contributed by atoms with Crippen molar-refractivity contribution in [3.05, 3.63) is 96.9 Å². The number of benzene rings is 3. The first-order chi connectivity index (χ1) is 18.2. The van der Waals surface area contributed by atoms with Gasteiger partial charge < -0.3 is 15.6 Å². The van der Waals surface area contributed by atoms with Gasteiger partial charge in [0.15, 0.2) is 0 Å². The van der Waals surface area contributed by atoms with Crippen molar-refractivity contribution in [1.82, 2.24) is 9.88 Å². The van der Waals surface area contributed by atoms with Crippen molar-refractivity contribution in [2.45, 2.75) is 6.54 Å². The first kappa shape index (κ1) is 26.5. The standard InChI is InChI=1S/C26H16Cl4N4O3S/c27-18-4-1-13(7-20(18)29)12-34-24(35)23(38-26(34)37)8-14-11-31-22-6-3-15(9-17(14)22)32-25(36)33-16-2-5-19(28)21(30)10-16/h1-11,31H,12H2,(H2,32,33,36). The Morgan fingerprint density at radius 3 is 2.24 bits per heavy atom. The Morgan fingerprint density at radius 1 is 0.868 bits per heavy atom. The molecule has 192 valence electrons. The number of hydrogen-bond acceptors (Lipinski definition) is 4. The molecule has 0 spiro atoms. The van der Waals surface area contributed by atoms with Crippen LogP contribution in [0.3, 0.4) is 0 Å². The topological polar surface area (TPSA) is 94.3 Å². The maximum Gasteiger partial charge on any atom is 0.323 e. The number of carbonyl (C=O) groups excluding carboxylic acids is 3. The molecule has 3 aromatic carbocycles. The number of imide groups is 1. The van der Waals surface area contributed by atoms with Crippen molar-refractivity contribution in [2.75, 3.05) is 10.6 Å². The summed E-state index contributed by atoms with van der Waals surface area (Å²) < 4.78 is 0. The van der Waals surface area contributed by atoms with Gasteiger partial charge in [-0.1, -0.05) is 52.5 Å². The summed E-state index contributed by atoms with van der Waals surface area (Å²) in [5, 5.41) is 7.29. The highest BCUT2D eigenvalue weighted by molar-refractivity contribution is 8.18. The zero-order chi connectivity index (χ0) is 27.0. The van der Waals surface area contributed by atoms with Crippen LogP contribution in [-0.4, -0.2) is 27.1 Å². The van der Waals surface area contributed by atoms with Gasteiger partial charge in [0, 0.05) is 34.0 Å². The summed E-state index contributed by atoms with van der Waals surface area (Å²) in [4.78, 5) is 42.7. The summed E-state index contributed by atoms with van der Waals surface area (Å²) in [6.45, 7) is 0.0782. The second kappa shape index (κ2) is 10.9. The zero-order valence-corrected chi connectivity index (χ0v) is 23.0. The molecule has 4 amide bonds. The van der Waals surface area contributed by atoms with E-state index in [4.69, 9.17) is 46.4 Å². The van der Waals surface area contributed by atoms with Gasteiger partial charge in [0.25, 0.3) is 11.1 Å². The molecule has 0 unspecified atom stereocenters. The molecule has 5 rings (SSSR count). The van der Waals surface area contributed by atoms with E-state index in [1.165, 1.54) is 0 Å². The largest absolute Gasteiger partial charge is 0.361 e. The Morgan fingerprint density at radius 2 is 1.53 bits per heavy atom. The van der Waals surface area contributed by atoms with Crippen LogP contribution < -0.4 is 10.6 Å². The van der Waals surface area contributed by atoms with Gasteiger partial charge in [0.2, 0.25) is 0 Å². The molecule has 0 radical (unpaired) electrons. The molecule has 1 aromatic heterocycles. The van der Waals surface area contributed by atoms with Gasteiger partial charge >= 0.3 is 6.03 Å². The number of hydrogen-bond donors (Lipinski definition) is 3. The molecule has 4 aromatic rings. The number of nitrogens with one attached hydrogen (secondary N) is 3. The predicted molar refractivity (Wildman–Crippen MR) is 155 cm³/mol. The molecule has 0 aliphatic carbocycles. The fourth-order valence-electron chi connectivity index (χ4n) is 3.80. The normalized spacial score (nSPS) is 14.5. The van der Waals surface area contributed by atoms with Crippen LogP contribution in [0.4, 0.5) is 21.0 Å². The highest BCUT2D eigenvalue weighted by Gasteiger charge is 2.35. The number of anilines is 2. The van der Waals surface area contributed by atoms with Gasteiger partial charge in [0.05, 0.1) is 31.5 Å². The van der Waals surface area contributed by atoms with Crippen LogP contribution in [0, 0.1) is 0 Å². The number of rotatable bonds is 5. The maximum absolute atomic E-state index is 13.0.